The van der Waals surface area contributed by atoms with Crippen LogP contribution in [0.4, 0.5) is 0 Å². The Hall–Kier alpha value is -2.22. The molecule has 1 aliphatic rings. The lowest BCUT2D eigenvalue weighted by Crippen LogP contribution is -2.64. The quantitative estimate of drug-likeness (QED) is 0.0147. The van der Waals surface area contributed by atoms with Gasteiger partial charge in [0.05, 0.1) is 13.2 Å². The Balaban J connectivity index is 2.34. The summed E-state index contributed by atoms with van der Waals surface area (Å²) < 4.78 is 34.3. The number of carbonyl (C=O) groups is 1. The van der Waals surface area contributed by atoms with Crippen LogP contribution >= 0.6 is 7.82 Å². The fraction of sp³-hybridized carbons (Fsp3) is 0.759. The van der Waals surface area contributed by atoms with Gasteiger partial charge in [0, 0.05) is 13.0 Å². The fourth-order valence-corrected chi connectivity index (χ4v) is 8.64. The van der Waals surface area contributed by atoms with Gasteiger partial charge in [0.25, 0.3) is 0 Å². The molecule has 1 saturated carbocycles. The normalized spacial score (nSPS) is 21.9. The van der Waals surface area contributed by atoms with E-state index in [0.717, 1.165) is 103 Å². The standard InChI is InChI=1S/C54H95O12P/c1-3-5-7-9-11-13-15-17-19-21-22-23-24-25-26-27-28-30-32-34-36-38-40-42-44-63-45-47(46-64-67(61,62)66-54-52(59)50(57)49(56)51(58)53(54)60)65-48(55)43-41-39-37-35-33-31-29-20-18-16-14-12-10-8-6-4-2/h5,7,11,13,17,19-20,22-23,25-26,29,47,49-54,56-60H,3-4,6,8-10,12,14-16,18,21,24,27-28,30-46H2,1-2H3,(H,61,62)/b7-5-,13-11-,19-17-,23-22-,26-25-,29-20-. The highest BCUT2D eigenvalue weighted by Gasteiger charge is 2.51. The third-order valence-electron chi connectivity index (χ3n) is 11.8. The van der Waals surface area contributed by atoms with E-state index in [-0.39, 0.29) is 13.0 Å². The van der Waals surface area contributed by atoms with Gasteiger partial charge in [-0.3, -0.25) is 13.8 Å². The summed E-state index contributed by atoms with van der Waals surface area (Å²) >= 11 is 0. The number of allylic oxidation sites excluding steroid dienone is 12. The zero-order chi connectivity index (χ0) is 49.1. The van der Waals surface area contributed by atoms with Gasteiger partial charge in [-0.2, -0.15) is 0 Å². The Morgan fingerprint density at radius 2 is 0.881 bits per heavy atom. The lowest BCUT2D eigenvalue weighted by atomic mass is 9.85. The molecule has 1 fully saturated rings. The van der Waals surface area contributed by atoms with Crippen LogP contribution in [0.25, 0.3) is 0 Å². The minimum absolute atomic E-state index is 0.0889. The van der Waals surface area contributed by atoms with Crippen LogP contribution in [0, 0.1) is 0 Å². The zero-order valence-electron chi connectivity index (χ0n) is 41.7. The van der Waals surface area contributed by atoms with Crippen molar-refractivity contribution in [1.29, 1.82) is 0 Å². The van der Waals surface area contributed by atoms with Crippen LogP contribution in [-0.4, -0.2) is 98.9 Å². The first-order valence-corrected chi connectivity index (χ1v) is 27.8. The van der Waals surface area contributed by atoms with Gasteiger partial charge < -0.3 is 39.9 Å². The van der Waals surface area contributed by atoms with Gasteiger partial charge >= 0.3 is 13.8 Å². The summed E-state index contributed by atoms with van der Waals surface area (Å²) in [4.78, 5) is 23.2. The van der Waals surface area contributed by atoms with Crippen LogP contribution in [0.15, 0.2) is 72.9 Å². The van der Waals surface area contributed by atoms with Crippen LogP contribution in [-0.2, 0) is 27.9 Å². The van der Waals surface area contributed by atoms with Crippen molar-refractivity contribution in [2.24, 2.45) is 0 Å². The van der Waals surface area contributed by atoms with Crippen molar-refractivity contribution in [3.8, 4) is 0 Å². The predicted octanol–water partition coefficient (Wildman–Crippen LogP) is 11.9. The fourth-order valence-electron chi connectivity index (χ4n) is 7.67. The van der Waals surface area contributed by atoms with Gasteiger partial charge in [0.2, 0.25) is 0 Å². The lowest BCUT2D eigenvalue weighted by Gasteiger charge is -2.41. The first-order valence-electron chi connectivity index (χ1n) is 26.3. The number of phosphoric ester groups is 1. The summed E-state index contributed by atoms with van der Waals surface area (Å²) in [6.07, 6.45) is 45.3. The summed E-state index contributed by atoms with van der Waals surface area (Å²) in [7, 11) is -5.03. The Kier molecular flexibility index (Phi) is 41.0. The van der Waals surface area contributed by atoms with E-state index in [9.17, 15) is 39.8 Å². The molecule has 67 heavy (non-hydrogen) atoms. The molecule has 6 unspecified atom stereocenters. The number of hydrogen-bond acceptors (Lipinski definition) is 11. The van der Waals surface area contributed by atoms with Crippen molar-refractivity contribution in [2.75, 3.05) is 19.8 Å². The van der Waals surface area contributed by atoms with Gasteiger partial charge in [-0.15, -0.1) is 0 Å². The number of carbonyl (C=O) groups excluding carboxylic acids is 1. The second kappa shape index (κ2) is 43.8. The molecule has 6 atom stereocenters. The molecule has 0 heterocycles. The van der Waals surface area contributed by atoms with Crippen molar-refractivity contribution in [2.45, 2.75) is 243 Å². The Bertz CT molecular complexity index is 1380. The number of hydrogen-bond donors (Lipinski definition) is 6. The minimum atomic E-state index is -5.03. The van der Waals surface area contributed by atoms with Crippen molar-refractivity contribution in [3.05, 3.63) is 72.9 Å². The number of unbranched alkanes of at least 4 members (excludes halogenated alkanes) is 20. The second-order valence-corrected chi connectivity index (χ2v) is 19.4. The molecule has 12 nitrogen and oxygen atoms in total. The molecule has 0 spiro atoms. The molecule has 0 aromatic carbocycles. The summed E-state index contributed by atoms with van der Waals surface area (Å²) in [6.45, 7) is 4.12. The van der Waals surface area contributed by atoms with Crippen LogP contribution in [0.1, 0.15) is 200 Å². The van der Waals surface area contributed by atoms with E-state index in [1.807, 2.05) is 0 Å². The Morgan fingerprint density at radius 3 is 1.36 bits per heavy atom. The highest BCUT2D eigenvalue weighted by Crippen LogP contribution is 2.47. The molecule has 0 saturated heterocycles. The molecule has 0 radical (unpaired) electrons. The molecule has 0 aromatic rings. The van der Waals surface area contributed by atoms with Crippen molar-refractivity contribution < 1.29 is 58.3 Å². The number of ether oxygens (including phenoxy) is 2. The van der Waals surface area contributed by atoms with Gasteiger partial charge in [0.1, 0.15) is 42.7 Å². The van der Waals surface area contributed by atoms with E-state index < -0.39 is 63.1 Å². The highest BCUT2D eigenvalue weighted by atomic mass is 31.2. The molecule has 0 aromatic heterocycles. The summed E-state index contributed by atoms with van der Waals surface area (Å²) in [5.41, 5.74) is 0. The smallest absolute Gasteiger partial charge is 0.457 e. The molecule has 0 amide bonds. The first kappa shape index (κ1) is 62.8. The monoisotopic (exact) mass is 967 g/mol. The molecular weight excluding hydrogens is 872 g/mol. The molecule has 1 rings (SSSR count). The molecule has 1 aliphatic carbocycles. The van der Waals surface area contributed by atoms with Gasteiger partial charge in [-0.05, 0) is 83.5 Å². The average molecular weight is 967 g/mol. The molecular formula is C54H95O12P. The summed E-state index contributed by atoms with van der Waals surface area (Å²) in [5, 5.41) is 50.3. The van der Waals surface area contributed by atoms with E-state index in [0.29, 0.717) is 13.0 Å². The summed E-state index contributed by atoms with van der Waals surface area (Å²) in [6, 6.07) is 0. The van der Waals surface area contributed by atoms with E-state index in [2.05, 4.69) is 86.8 Å². The molecule has 6 N–H and O–H groups in total. The summed E-state index contributed by atoms with van der Waals surface area (Å²) in [5.74, 6) is -0.490. The Morgan fingerprint density at radius 1 is 0.493 bits per heavy atom. The topological polar surface area (TPSA) is 192 Å². The molecule has 0 aliphatic heterocycles. The average Bonchev–Trinajstić information content (AvgIpc) is 3.31. The second-order valence-electron chi connectivity index (χ2n) is 18.0. The van der Waals surface area contributed by atoms with E-state index >= 15 is 0 Å². The van der Waals surface area contributed by atoms with Crippen LogP contribution in [0.2, 0.25) is 0 Å². The lowest BCUT2D eigenvalue weighted by molar-refractivity contribution is -0.220. The van der Waals surface area contributed by atoms with Gasteiger partial charge in [-0.1, -0.05) is 183 Å². The number of aliphatic hydroxyl groups excluding tert-OH is 5. The van der Waals surface area contributed by atoms with Crippen LogP contribution in [0.5, 0.6) is 0 Å². The SMILES string of the molecule is CC/C=C\C/C=C\C/C=C\C/C=C\C/C=C\CCCCCCCCCCOCC(COP(=O)(O)OC1C(O)C(O)C(O)C(O)C1O)OC(=O)CCCCCCC/C=C\CCCCCCCCC. The van der Waals surface area contributed by atoms with Crippen LogP contribution < -0.4 is 0 Å². The minimum Gasteiger partial charge on any atom is -0.457 e. The molecule has 13 heteroatoms. The predicted molar refractivity (Wildman–Crippen MR) is 271 cm³/mol. The number of rotatable bonds is 44. The van der Waals surface area contributed by atoms with E-state index in [1.165, 1.54) is 70.6 Å². The number of aliphatic hydroxyl groups is 5. The number of esters is 1. The molecule has 388 valence electrons. The largest absolute Gasteiger partial charge is 0.472 e. The van der Waals surface area contributed by atoms with Gasteiger partial charge in [-0.25, -0.2) is 4.57 Å². The van der Waals surface area contributed by atoms with Gasteiger partial charge in [0.15, 0.2) is 0 Å². The zero-order valence-corrected chi connectivity index (χ0v) is 42.6. The van der Waals surface area contributed by atoms with E-state index in [4.69, 9.17) is 18.5 Å². The van der Waals surface area contributed by atoms with Crippen molar-refractivity contribution >= 4 is 13.8 Å². The van der Waals surface area contributed by atoms with Crippen molar-refractivity contribution in [3.63, 3.8) is 0 Å². The third kappa shape index (κ3) is 35.5. The first-order chi connectivity index (χ1) is 32.5. The van der Waals surface area contributed by atoms with E-state index in [1.54, 1.807) is 0 Å². The highest BCUT2D eigenvalue weighted by molar-refractivity contribution is 7.47. The van der Waals surface area contributed by atoms with Crippen molar-refractivity contribution in [1.82, 2.24) is 0 Å². The maximum absolute atomic E-state index is 12.9. The Labute approximate surface area is 406 Å². The third-order valence-corrected chi connectivity index (χ3v) is 12.8. The molecule has 0 bridgehead atoms. The maximum atomic E-state index is 12.9. The maximum Gasteiger partial charge on any atom is 0.472 e. The van der Waals surface area contributed by atoms with Crippen LogP contribution in [0.3, 0.4) is 0 Å². The number of phosphoric acid groups is 1.